The molecule has 1 spiro atoms. The third-order valence-corrected chi connectivity index (χ3v) is 4.05. The molecule has 8 nitrogen and oxygen atoms in total. The maximum absolute atomic E-state index is 11.7. The third-order valence-electron chi connectivity index (χ3n) is 4.05. The Hall–Kier alpha value is -1.93. The van der Waals surface area contributed by atoms with E-state index in [1.54, 1.807) is 0 Å². The highest BCUT2D eigenvalue weighted by Gasteiger charge is 2.47. The van der Waals surface area contributed by atoms with E-state index in [4.69, 9.17) is 14.9 Å². The largest absolute Gasteiger partial charge is 0.478 e. The van der Waals surface area contributed by atoms with Gasteiger partial charge in [-0.15, -0.1) is 0 Å². The highest BCUT2D eigenvalue weighted by molar-refractivity contribution is 5.89. The molecular formula is C15H24N2O6. The van der Waals surface area contributed by atoms with Crippen LogP contribution in [-0.2, 0) is 19.1 Å². The first-order valence-electron chi connectivity index (χ1n) is 7.56. The van der Waals surface area contributed by atoms with Gasteiger partial charge in [0.25, 0.3) is 5.91 Å². The molecule has 2 fully saturated rings. The van der Waals surface area contributed by atoms with Crippen LogP contribution < -0.4 is 10.6 Å². The highest BCUT2D eigenvalue weighted by atomic mass is 16.5. The van der Waals surface area contributed by atoms with Gasteiger partial charge in [-0.05, 0) is 39.3 Å². The van der Waals surface area contributed by atoms with Crippen LogP contribution in [0.1, 0.15) is 33.1 Å². The van der Waals surface area contributed by atoms with Crippen LogP contribution in [0.5, 0.6) is 0 Å². The Balaban J connectivity index is 0.000000284. The first-order valence-corrected chi connectivity index (χ1v) is 7.56. The average molecular weight is 328 g/mol. The molecule has 0 radical (unpaired) electrons. The summed E-state index contributed by atoms with van der Waals surface area (Å²) in [6, 6.07) is 0. The maximum Gasteiger partial charge on any atom is 0.328 e. The summed E-state index contributed by atoms with van der Waals surface area (Å²) in [7, 11) is 0. The van der Waals surface area contributed by atoms with Crippen molar-refractivity contribution in [3.8, 4) is 0 Å². The molecule has 2 rings (SSSR count). The molecule has 0 bridgehead atoms. The van der Waals surface area contributed by atoms with Crippen molar-refractivity contribution in [2.75, 3.05) is 19.6 Å². The number of carboxylic acid groups (broad SMARTS) is 2. The summed E-state index contributed by atoms with van der Waals surface area (Å²) in [6.45, 7) is 6.53. The molecule has 2 aliphatic heterocycles. The molecule has 130 valence electrons. The Kier molecular flexibility index (Phi) is 6.71. The maximum atomic E-state index is 11.7. The fourth-order valence-electron chi connectivity index (χ4n) is 2.53. The molecule has 2 aliphatic rings. The molecule has 0 aromatic rings. The lowest BCUT2D eigenvalue weighted by atomic mass is 9.87. The molecule has 0 saturated carbocycles. The van der Waals surface area contributed by atoms with Crippen molar-refractivity contribution in [3.05, 3.63) is 12.2 Å². The van der Waals surface area contributed by atoms with Crippen LogP contribution in [0.3, 0.4) is 0 Å². The van der Waals surface area contributed by atoms with Gasteiger partial charge < -0.3 is 25.6 Å². The number of hydrogen-bond acceptors (Lipinski definition) is 5. The molecule has 0 aromatic carbocycles. The Morgan fingerprint density at radius 1 is 1.22 bits per heavy atom. The average Bonchev–Trinajstić information content (AvgIpc) is 2.51. The van der Waals surface area contributed by atoms with Crippen LogP contribution in [0.25, 0.3) is 0 Å². The number of hydrogen-bond donors (Lipinski definition) is 4. The van der Waals surface area contributed by atoms with Crippen LogP contribution in [0.2, 0.25) is 0 Å². The number of carbonyl (C=O) groups is 3. The van der Waals surface area contributed by atoms with Crippen molar-refractivity contribution in [2.45, 2.75) is 44.3 Å². The van der Waals surface area contributed by atoms with Gasteiger partial charge in [0.2, 0.25) is 0 Å². The third kappa shape index (κ3) is 5.65. The minimum Gasteiger partial charge on any atom is -0.478 e. The number of carboxylic acids is 2. The minimum atomic E-state index is -1.26. The summed E-state index contributed by atoms with van der Waals surface area (Å²) < 4.78 is 6.11. The van der Waals surface area contributed by atoms with Crippen molar-refractivity contribution < 1.29 is 29.3 Å². The van der Waals surface area contributed by atoms with Crippen molar-refractivity contribution in [1.29, 1.82) is 0 Å². The molecule has 23 heavy (non-hydrogen) atoms. The van der Waals surface area contributed by atoms with E-state index in [2.05, 4.69) is 10.6 Å². The summed E-state index contributed by atoms with van der Waals surface area (Å²) in [5.74, 6) is -2.48. The quantitative estimate of drug-likeness (QED) is 0.543. The van der Waals surface area contributed by atoms with Gasteiger partial charge in [0.1, 0.15) is 5.60 Å². The summed E-state index contributed by atoms with van der Waals surface area (Å²) in [6.07, 6.45) is 3.82. The molecule has 0 aromatic heterocycles. The van der Waals surface area contributed by atoms with E-state index in [1.165, 1.54) is 0 Å². The van der Waals surface area contributed by atoms with Gasteiger partial charge in [-0.2, -0.15) is 0 Å². The van der Waals surface area contributed by atoms with Crippen LogP contribution in [0.15, 0.2) is 12.2 Å². The minimum absolute atomic E-state index is 0.0363. The zero-order valence-corrected chi connectivity index (χ0v) is 13.4. The SMILES string of the molecule is CCC1(C)OC2(CCNCC2)CNC1=O.O=C(O)/C=C\C(=O)O. The Morgan fingerprint density at radius 3 is 2.17 bits per heavy atom. The summed E-state index contributed by atoms with van der Waals surface area (Å²) in [5.41, 5.74) is -0.750. The van der Waals surface area contributed by atoms with Crippen molar-refractivity contribution in [2.24, 2.45) is 0 Å². The van der Waals surface area contributed by atoms with Crippen LogP contribution in [0.4, 0.5) is 0 Å². The predicted molar refractivity (Wildman–Crippen MR) is 82.0 cm³/mol. The fourth-order valence-corrected chi connectivity index (χ4v) is 2.53. The van der Waals surface area contributed by atoms with E-state index in [9.17, 15) is 14.4 Å². The van der Waals surface area contributed by atoms with Gasteiger partial charge in [0.05, 0.1) is 5.60 Å². The van der Waals surface area contributed by atoms with E-state index in [0.717, 1.165) is 32.4 Å². The Morgan fingerprint density at radius 2 is 1.74 bits per heavy atom. The molecule has 1 atom stereocenters. The van der Waals surface area contributed by atoms with Gasteiger partial charge in [-0.1, -0.05) is 6.92 Å². The number of piperidine rings is 1. The van der Waals surface area contributed by atoms with E-state index in [-0.39, 0.29) is 11.5 Å². The predicted octanol–water partition coefficient (Wildman–Crippen LogP) is 0.136. The molecule has 8 heteroatoms. The molecule has 1 amide bonds. The number of nitrogens with one attached hydrogen (secondary N) is 2. The Bertz CT molecular complexity index is 468. The van der Waals surface area contributed by atoms with Crippen molar-refractivity contribution >= 4 is 17.8 Å². The smallest absolute Gasteiger partial charge is 0.328 e. The number of ether oxygens (including phenoxy) is 1. The van der Waals surface area contributed by atoms with E-state index in [0.29, 0.717) is 18.7 Å². The Labute approximate surface area is 134 Å². The monoisotopic (exact) mass is 328 g/mol. The molecule has 1 unspecified atom stereocenters. The van der Waals surface area contributed by atoms with Gasteiger partial charge in [-0.25, -0.2) is 9.59 Å². The number of rotatable bonds is 3. The number of amides is 1. The summed E-state index contributed by atoms with van der Waals surface area (Å²) >= 11 is 0. The second-order valence-corrected chi connectivity index (χ2v) is 5.81. The topological polar surface area (TPSA) is 125 Å². The van der Waals surface area contributed by atoms with E-state index >= 15 is 0 Å². The summed E-state index contributed by atoms with van der Waals surface area (Å²) in [5, 5.41) is 21.9. The number of morpholine rings is 1. The molecule has 2 saturated heterocycles. The number of carbonyl (C=O) groups excluding carboxylic acids is 1. The van der Waals surface area contributed by atoms with Gasteiger partial charge in [0, 0.05) is 18.7 Å². The lowest BCUT2D eigenvalue weighted by molar-refractivity contribution is -0.195. The lowest BCUT2D eigenvalue weighted by Crippen LogP contribution is -2.64. The first-order chi connectivity index (χ1) is 10.7. The zero-order chi connectivity index (χ0) is 17.5. The molecular weight excluding hydrogens is 304 g/mol. The van der Waals surface area contributed by atoms with Crippen molar-refractivity contribution in [3.63, 3.8) is 0 Å². The second-order valence-electron chi connectivity index (χ2n) is 5.81. The lowest BCUT2D eigenvalue weighted by Gasteiger charge is -2.47. The van der Waals surface area contributed by atoms with Gasteiger partial charge >= 0.3 is 11.9 Å². The molecule has 0 aliphatic carbocycles. The van der Waals surface area contributed by atoms with Crippen LogP contribution >= 0.6 is 0 Å². The molecule has 4 N–H and O–H groups in total. The van der Waals surface area contributed by atoms with E-state index < -0.39 is 17.5 Å². The normalized spacial score (nSPS) is 26.3. The zero-order valence-electron chi connectivity index (χ0n) is 13.4. The summed E-state index contributed by atoms with van der Waals surface area (Å²) in [4.78, 5) is 30.8. The van der Waals surface area contributed by atoms with Crippen LogP contribution in [-0.4, -0.2) is 58.9 Å². The van der Waals surface area contributed by atoms with Crippen molar-refractivity contribution in [1.82, 2.24) is 10.6 Å². The van der Waals surface area contributed by atoms with Gasteiger partial charge in [-0.3, -0.25) is 4.79 Å². The number of aliphatic carboxylic acids is 2. The standard InChI is InChI=1S/C11H20N2O2.C4H4O4/c1-3-10(2)9(14)13-8-11(15-10)4-6-12-7-5-11;5-3(6)1-2-4(7)8/h12H,3-8H2,1-2H3,(H,13,14);1-2H,(H,5,6)(H,7,8)/b;2-1-. The molecule has 2 heterocycles. The second kappa shape index (κ2) is 8.07. The van der Waals surface area contributed by atoms with Gasteiger partial charge in [0.15, 0.2) is 0 Å². The van der Waals surface area contributed by atoms with Crippen LogP contribution in [0, 0.1) is 0 Å². The van der Waals surface area contributed by atoms with E-state index in [1.807, 2.05) is 13.8 Å². The highest BCUT2D eigenvalue weighted by Crippen LogP contribution is 2.33. The first kappa shape index (κ1) is 19.1. The fraction of sp³-hybridized carbons (Fsp3) is 0.667.